The summed E-state index contributed by atoms with van der Waals surface area (Å²) in [6.45, 7) is 0.699. The van der Waals surface area contributed by atoms with Gasteiger partial charge < -0.3 is 10.1 Å². The first kappa shape index (κ1) is 34.8. The van der Waals surface area contributed by atoms with Gasteiger partial charge in [-0.25, -0.2) is 14.3 Å². The average molecular weight is 733 g/mol. The zero-order chi connectivity index (χ0) is 37.7. The minimum absolute atomic E-state index is 0.169. The van der Waals surface area contributed by atoms with Crippen LogP contribution in [-0.4, -0.2) is 37.1 Å². The monoisotopic (exact) mass is 732 g/mol. The van der Waals surface area contributed by atoms with Gasteiger partial charge in [-0.2, -0.15) is 5.10 Å². The maximum Gasteiger partial charge on any atom is 0.248 e. The summed E-state index contributed by atoms with van der Waals surface area (Å²) < 4.78 is 10.3. The molecule has 2 aromatic heterocycles. The first-order valence-electron chi connectivity index (χ1n) is 19.0. The number of fused-ring (bicyclic) bond motifs is 1. The smallest absolute Gasteiger partial charge is 0.248 e. The molecule has 0 radical (unpaired) electrons. The molecule has 1 unspecified atom stereocenters. The molecule has 1 fully saturated rings. The molecule has 1 amide bonds. The van der Waals surface area contributed by atoms with E-state index in [1.165, 1.54) is 0 Å². The van der Waals surface area contributed by atoms with Gasteiger partial charge >= 0.3 is 0 Å². The summed E-state index contributed by atoms with van der Waals surface area (Å²) in [6.07, 6.45) is 8.02. The highest BCUT2D eigenvalue weighted by molar-refractivity contribution is 6.03. The van der Waals surface area contributed by atoms with Crippen molar-refractivity contribution < 1.29 is 9.53 Å². The molecule has 0 aliphatic carbocycles. The second-order valence-electron chi connectivity index (χ2n) is 14.0. The van der Waals surface area contributed by atoms with Gasteiger partial charge in [0.15, 0.2) is 12.1 Å². The molecule has 8 aromatic rings. The van der Waals surface area contributed by atoms with Crippen molar-refractivity contribution in [2.24, 2.45) is 0 Å². The second kappa shape index (κ2) is 15.5. The molecule has 0 bridgehead atoms. The Morgan fingerprint density at radius 3 is 2.00 bits per heavy atom. The Balaban J connectivity index is 1.13. The average Bonchev–Trinajstić information content (AvgIpc) is 3.91. The minimum Gasteiger partial charge on any atom is -0.356 e. The molecule has 0 saturated carbocycles. The van der Waals surface area contributed by atoms with E-state index in [4.69, 9.17) is 19.9 Å². The molecule has 0 spiro atoms. The fraction of sp³-hybridized carbons (Fsp3) is 0.125. The van der Waals surface area contributed by atoms with E-state index in [1.807, 2.05) is 88.5 Å². The highest BCUT2D eigenvalue weighted by Gasteiger charge is 2.39. The lowest BCUT2D eigenvalue weighted by molar-refractivity contribution is -0.111. The molecule has 9 rings (SSSR count). The first-order valence-corrected chi connectivity index (χ1v) is 19.0. The number of hydrogen-bond donors (Lipinski definition) is 1. The third kappa shape index (κ3) is 6.71. The van der Waals surface area contributed by atoms with Gasteiger partial charge in [-0.15, -0.1) is 5.10 Å². The van der Waals surface area contributed by atoms with Gasteiger partial charge in [-0.05, 0) is 77.9 Å². The summed E-state index contributed by atoms with van der Waals surface area (Å²) in [4.78, 5) is 17.9. The number of rotatable bonds is 10. The van der Waals surface area contributed by atoms with Crippen LogP contribution in [0.1, 0.15) is 47.7 Å². The van der Waals surface area contributed by atoms with E-state index in [0.29, 0.717) is 18.1 Å². The largest absolute Gasteiger partial charge is 0.356 e. The molecule has 8 nitrogen and oxygen atoms in total. The molecule has 3 heterocycles. The van der Waals surface area contributed by atoms with E-state index in [9.17, 15) is 4.79 Å². The molecule has 1 saturated heterocycles. The Hall–Kier alpha value is -6.90. The van der Waals surface area contributed by atoms with Gasteiger partial charge in [0.25, 0.3) is 0 Å². The highest BCUT2D eigenvalue weighted by Crippen LogP contribution is 2.41. The fourth-order valence-corrected chi connectivity index (χ4v) is 7.79. The summed E-state index contributed by atoms with van der Waals surface area (Å²) in [5, 5.41) is 14.4. The molecule has 274 valence electrons. The normalized spacial score (nSPS) is 14.6. The van der Waals surface area contributed by atoms with E-state index >= 15 is 0 Å². The third-order valence-corrected chi connectivity index (χ3v) is 10.4. The van der Waals surface area contributed by atoms with Crippen LogP contribution in [0.5, 0.6) is 0 Å². The van der Waals surface area contributed by atoms with Gasteiger partial charge in [0.05, 0.1) is 5.52 Å². The zero-order valence-corrected chi connectivity index (χ0v) is 30.8. The van der Waals surface area contributed by atoms with Crippen LogP contribution < -0.4 is 5.32 Å². The van der Waals surface area contributed by atoms with Crippen LogP contribution in [0.2, 0.25) is 0 Å². The van der Waals surface area contributed by atoms with Gasteiger partial charge in [0, 0.05) is 34.9 Å². The van der Waals surface area contributed by atoms with E-state index in [0.717, 1.165) is 69.2 Å². The lowest BCUT2D eigenvalue weighted by Gasteiger charge is -2.35. The van der Waals surface area contributed by atoms with Crippen molar-refractivity contribution in [2.45, 2.75) is 31.0 Å². The van der Waals surface area contributed by atoms with Crippen LogP contribution >= 0.6 is 0 Å². The van der Waals surface area contributed by atoms with E-state index in [-0.39, 0.29) is 12.1 Å². The van der Waals surface area contributed by atoms with Crippen LogP contribution in [0.15, 0.2) is 176 Å². The Kier molecular flexibility index (Phi) is 9.61. The number of benzene rings is 6. The van der Waals surface area contributed by atoms with E-state index in [2.05, 4.69) is 96.3 Å². The van der Waals surface area contributed by atoms with E-state index in [1.54, 1.807) is 12.2 Å². The summed E-state index contributed by atoms with van der Waals surface area (Å²) >= 11 is 0. The molecule has 8 heteroatoms. The Morgan fingerprint density at radius 1 is 0.696 bits per heavy atom. The van der Waals surface area contributed by atoms with Crippen molar-refractivity contribution in [3.05, 3.63) is 198 Å². The molecular formula is C48H40N6O2. The summed E-state index contributed by atoms with van der Waals surface area (Å²) in [6, 6.07) is 55.3. The highest BCUT2D eigenvalue weighted by atomic mass is 16.5. The second-order valence-corrected chi connectivity index (χ2v) is 14.0. The predicted molar refractivity (Wildman–Crippen MR) is 222 cm³/mol. The lowest BCUT2D eigenvalue weighted by atomic mass is 9.77. The Morgan fingerprint density at radius 2 is 1.36 bits per heavy atom. The number of ether oxygens (including phenoxy) is 1. The molecule has 1 N–H and O–H groups in total. The number of nitrogens with zero attached hydrogens (tertiary/aromatic N) is 5. The van der Waals surface area contributed by atoms with Crippen molar-refractivity contribution in [1.82, 2.24) is 24.5 Å². The van der Waals surface area contributed by atoms with Gasteiger partial charge in [-0.3, -0.25) is 4.79 Å². The van der Waals surface area contributed by atoms with Crippen molar-refractivity contribution >= 4 is 28.6 Å². The summed E-state index contributed by atoms with van der Waals surface area (Å²) in [5.41, 5.74) is 7.56. The summed E-state index contributed by atoms with van der Waals surface area (Å²) in [7, 11) is 0. The van der Waals surface area contributed by atoms with Crippen molar-refractivity contribution in [1.29, 1.82) is 0 Å². The minimum atomic E-state index is -0.783. The van der Waals surface area contributed by atoms with Gasteiger partial charge in [-0.1, -0.05) is 133 Å². The number of carbonyl (C=O) groups excluding carboxylic acids is 1. The van der Waals surface area contributed by atoms with Crippen LogP contribution in [0, 0.1) is 0 Å². The van der Waals surface area contributed by atoms with Crippen LogP contribution in [-0.2, 0) is 15.1 Å². The quantitative estimate of drug-likeness (QED) is 0.112. The molecule has 6 aromatic carbocycles. The third-order valence-electron chi connectivity index (χ3n) is 10.4. The SMILES string of the molecule is O=C(C=Cc1ccccc1)Nc1cccc(-c2nn(C3CCCCO3)c3ccc(-c4ncn(C(c5ccccc5)(c5ccccc5)c5ccccc5)n4)cc23)c1. The fourth-order valence-electron chi connectivity index (χ4n) is 7.79. The molecule has 1 aliphatic rings. The molecule has 1 atom stereocenters. The molecule has 1 aliphatic heterocycles. The predicted octanol–water partition coefficient (Wildman–Crippen LogP) is 10.2. The van der Waals surface area contributed by atoms with Gasteiger partial charge in [0.2, 0.25) is 5.91 Å². The number of nitrogens with one attached hydrogen (secondary N) is 1. The number of amides is 1. The van der Waals surface area contributed by atoms with Crippen molar-refractivity contribution in [3.8, 4) is 22.6 Å². The Bertz CT molecular complexity index is 2510. The van der Waals surface area contributed by atoms with Crippen LogP contribution in [0.4, 0.5) is 5.69 Å². The number of anilines is 1. The standard InChI is InChI=1S/C48H40N6O2/c55-44(30-27-35-16-5-1-6-17-35)50-41-25-15-18-36(32-41)46-42-33-37(28-29-43(42)54(51-46)45-26-13-14-31-56-45)47-49-34-53(52-47)48(38-19-7-2-8-20-38,39-21-9-3-10-22-39)40-23-11-4-12-24-40/h1-12,15-25,27-30,32-34,45H,13-14,26,31H2,(H,50,55). The van der Waals surface area contributed by atoms with Crippen molar-refractivity contribution in [3.63, 3.8) is 0 Å². The zero-order valence-electron chi connectivity index (χ0n) is 30.8. The number of carbonyl (C=O) groups is 1. The topological polar surface area (TPSA) is 86.9 Å². The maximum atomic E-state index is 13.0. The first-order chi connectivity index (χ1) is 27.7. The summed E-state index contributed by atoms with van der Waals surface area (Å²) in [5.74, 6) is 0.386. The van der Waals surface area contributed by atoms with Crippen LogP contribution in [0.3, 0.4) is 0 Å². The lowest BCUT2D eigenvalue weighted by Crippen LogP contribution is -2.38. The van der Waals surface area contributed by atoms with Crippen LogP contribution in [0.25, 0.3) is 39.6 Å². The Labute approximate surface area is 325 Å². The number of hydrogen-bond acceptors (Lipinski definition) is 5. The molecular weight excluding hydrogens is 693 g/mol. The van der Waals surface area contributed by atoms with Gasteiger partial charge in [0.1, 0.15) is 17.6 Å². The van der Waals surface area contributed by atoms with Crippen molar-refractivity contribution in [2.75, 3.05) is 11.9 Å². The molecule has 56 heavy (non-hydrogen) atoms. The number of aromatic nitrogens is 5. The van der Waals surface area contributed by atoms with E-state index < -0.39 is 5.54 Å². The maximum absolute atomic E-state index is 13.0.